The molecule has 1 unspecified atom stereocenters. The number of halogens is 4. The van der Waals surface area contributed by atoms with Gasteiger partial charge >= 0.3 is 24.3 Å². The number of urea groups is 1. The molecule has 4 aliphatic heterocycles. The van der Waals surface area contributed by atoms with Crippen LogP contribution in [0, 0.1) is 5.92 Å². The highest BCUT2D eigenvalue weighted by Crippen LogP contribution is 2.38. The van der Waals surface area contributed by atoms with Crippen LogP contribution in [0.5, 0.6) is 0 Å². The van der Waals surface area contributed by atoms with E-state index in [-0.39, 0.29) is 60.1 Å². The molecule has 2 aromatic carbocycles. The molecule has 0 aromatic heterocycles. The van der Waals surface area contributed by atoms with Crippen molar-refractivity contribution in [3.8, 4) is 0 Å². The van der Waals surface area contributed by atoms with Crippen molar-refractivity contribution in [2.75, 3.05) is 84.1 Å². The first-order valence-corrected chi connectivity index (χ1v) is 20.7. The number of ether oxygens (including phenoxy) is 2. The van der Waals surface area contributed by atoms with Gasteiger partial charge in [-0.05, 0) is 108 Å². The number of carbonyl (C=O) groups is 4. The fraction of sp³-hybridized carbons (Fsp3) is 0.610. The van der Waals surface area contributed by atoms with Crippen LogP contribution < -0.4 is 11.1 Å². The highest BCUT2D eigenvalue weighted by atomic mass is 35.5. The van der Waals surface area contributed by atoms with Gasteiger partial charge in [-0.15, -0.1) is 0 Å². The first kappa shape index (κ1) is 43.3. The van der Waals surface area contributed by atoms with E-state index in [2.05, 4.69) is 10.2 Å². The Morgan fingerprint density at radius 3 is 2.26 bits per heavy atom. The normalized spacial score (nSPS) is 19.7. The number of nitrogens with one attached hydrogen (secondary N) is 1. The number of para-hydroxylation sites is 1. The average Bonchev–Trinajstić information content (AvgIpc) is 3.37. The molecular formula is C41H55ClF3N7O6. The number of hydrogen-bond acceptors (Lipinski definition) is 9. The maximum Gasteiger partial charge on any atom is 0.418 e. The van der Waals surface area contributed by atoms with Gasteiger partial charge in [0.2, 0.25) is 0 Å². The monoisotopic (exact) mass is 833 g/mol. The maximum absolute atomic E-state index is 14.2. The van der Waals surface area contributed by atoms with Gasteiger partial charge in [-0.25, -0.2) is 9.59 Å². The lowest BCUT2D eigenvalue weighted by molar-refractivity contribution is -0.151. The lowest BCUT2D eigenvalue weighted by atomic mass is 9.93. The van der Waals surface area contributed by atoms with E-state index in [1.54, 1.807) is 9.80 Å². The summed E-state index contributed by atoms with van der Waals surface area (Å²) >= 11 is 6.14. The molecule has 2 aromatic rings. The van der Waals surface area contributed by atoms with Crippen LogP contribution in [0.25, 0.3) is 0 Å². The first-order valence-electron chi connectivity index (χ1n) is 20.3. The van der Waals surface area contributed by atoms with Crippen LogP contribution in [0.2, 0.25) is 5.02 Å². The van der Waals surface area contributed by atoms with Gasteiger partial charge in [0.25, 0.3) is 5.91 Å². The Labute approximate surface area is 342 Å². The number of esters is 1. The van der Waals surface area contributed by atoms with E-state index in [1.807, 2.05) is 43.3 Å². The molecule has 17 heteroatoms. The molecule has 0 spiro atoms. The predicted molar refractivity (Wildman–Crippen MR) is 213 cm³/mol. The number of alkyl halides is 3. The van der Waals surface area contributed by atoms with Gasteiger partial charge in [-0.1, -0.05) is 29.8 Å². The zero-order chi connectivity index (χ0) is 41.6. The van der Waals surface area contributed by atoms with Crippen molar-refractivity contribution < 1.29 is 41.8 Å². The Morgan fingerprint density at radius 1 is 0.931 bits per heavy atom. The molecule has 1 atom stereocenters. The number of hydrogen-bond donors (Lipinski definition) is 2. The van der Waals surface area contributed by atoms with Gasteiger partial charge in [0.15, 0.2) is 6.10 Å². The summed E-state index contributed by atoms with van der Waals surface area (Å²) in [6, 6.07) is 9.66. The fourth-order valence-corrected chi connectivity index (χ4v) is 8.78. The average molecular weight is 834 g/mol. The molecule has 58 heavy (non-hydrogen) atoms. The Balaban J connectivity index is 1.06. The molecular weight excluding hydrogens is 779 g/mol. The Hall–Kier alpha value is -4.28. The largest absolute Gasteiger partial charge is 0.465 e. The molecule has 318 valence electrons. The standard InChI is InChI=1S/C41H55ClF3N7O6/c1-48(2)15-5-23-57-38(54)29-8-16-49(17-9-29)30-11-18-50(19-12-30)37(53)35(26-27-24-32(41(43,44)45)36(46)33(42)25-27)58-40(56)51-20-13-31(14-21-51)52-22-10-28-6-3-4-7-34(28)47-39(52)55/h3-4,6-7,24-25,29-31,35H,5,8-23,26,46H2,1-2H3,(H,47,55). The maximum atomic E-state index is 14.2. The summed E-state index contributed by atoms with van der Waals surface area (Å²) in [5.74, 6) is -0.783. The molecule has 0 aliphatic carbocycles. The third kappa shape index (κ3) is 10.9. The van der Waals surface area contributed by atoms with Gasteiger partial charge in [-0.2, -0.15) is 13.2 Å². The summed E-state index contributed by atoms with van der Waals surface area (Å²) < 4.78 is 53.1. The summed E-state index contributed by atoms with van der Waals surface area (Å²) in [5, 5.41) is 2.67. The molecule has 0 saturated carbocycles. The molecule has 3 saturated heterocycles. The van der Waals surface area contributed by atoms with E-state index < -0.39 is 35.5 Å². The van der Waals surface area contributed by atoms with Crippen molar-refractivity contribution in [3.63, 3.8) is 0 Å². The summed E-state index contributed by atoms with van der Waals surface area (Å²) in [6.45, 7) is 4.53. The van der Waals surface area contributed by atoms with E-state index in [9.17, 15) is 32.3 Å². The second kappa shape index (κ2) is 19.2. The van der Waals surface area contributed by atoms with Gasteiger partial charge in [0.1, 0.15) is 0 Å². The molecule has 13 nitrogen and oxygen atoms in total. The number of amides is 4. The minimum atomic E-state index is -4.79. The highest BCUT2D eigenvalue weighted by molar-refractivity contribution is 6.33. The molecule has 3 fully saturated rings. The van der Waals surface area contributed by atoms with Gasteiger partial charge in [-0.3, -0.25) is 9.59 Å². The highest BCUT2D eigenvalue weighted by Gasteiger charge is 2.39. The van der Waals surface area contributed by atoms with Crippen LogP contribution in [0.4, 0.5) is 34.1 Å². The third-order valence-corrected chi connectivity index (χ3v) is 12.2. The van der Waals surface area contributed by atoms with Crippen molar-refractivity contribution in [3.05, 3.63) is 58.1 Å². The SMILES string of the molecule is CN(C)CCCOC(=O)C1CCN(C2CCN(C(=O)C(Cc3cc(Cl)c(N)c(C(F)(F)F)c3)OC(=O)N3CCC(N4CCc5ccccc5NC4=O)CC3)CC2)CC1. The number of fused-ring (bicyclic) bond motifs is 1. The van der Waals surface area contributed by atoms with E-state index in [0.717, 1.165) is 43.4 Å². The topological polar surface area (TPSA) is 141 Å². The Morgan fingerprint density at radius 2 is 1.59 bits per heavy atom. The van der Waals surface area contributed by atoms with Crippen LogP contribution in [0.3, 0.4) is 0 Å². The van der Waals surface area contributed by atoms with Crippen LogP contribution in [0.1, 0.15) is 61.6 Å². The number of carbonyl (C=O) groups excluding carboxylic acids is 4. The number of nitrogens with two attached hydrogens (primary N) is 1. The number of likely N-dealkylation sites (tertiary alicyclic amines) is 3. The van der Waals surface area contributed by atoms with E-state index >= 15 is 0 Å². The third-order valence-electron chi connectivity index (χ3n) is 11.9. The van der Waals surface area contributed by atoms with E-state index in [4.69, 9.17) is 26.8 Å². The van der Waals surface area contributed by atoms with Gasteiger partial charge < -0.3 is 45.0 Å². The minimum absolute atomic E-state index is 0.0542. The van der Waals surface area contributed by atoms with Gasteiger partial charge in [0.05, 0.1) is 28.8 Å². The van der Waals surface area contributed by atoms with Crippen molar-refractivity contribution in [2.24, 2.45) is 5.92 Å². The number of anilines is 2. The van der Waals surface area contributed by atoms with Crippen LogP contribution >= 0.6 is 11.6 Å². The molecule has 0 bridgehead atoms. The minimum Gasteiger partial charge on any atom is -0.465 e. The second-order valence-corrected chi connectivity index (χ2v) is 16.5. The van der Waals surface area contributed by atoms with Crippen molar-refractivity contribution in [1.82, 2.24) is 24.5 Å². The van der Waals surface area contributed by atoms with Crippen LogP contribution in [-0.2, 0) is 38.1 Å². The lowest BCUT2D eigenvalue weighted by Gasteiger charge is -2.42. The van der Waals surface area contributed by atoms with Crippen LogP contribution in [0.15, 0.2) is 36.4 Å². The Kier molecular flexibility index (Phi) is 14.3. The van der Waals surface area contributed by atoms with Gasteiger partial charge in [0, 0.05) is 63.5 Å². The molecule has 3 N–H and O–H groups in total. The summed E-state index contributed by atoms with van der Waals surface area (Å²) in [5.41, 5.74) is 5.82. The number of benzene rings is 2. The van der Waals surface area contributed by atoms with Crippen molar-refractivity contribution >= 4 is 47.0 Å². The number of nitrogen functional groups attached to an aromatic ring is 1. The quantitative estimate of drug-likeness (QED) is 0.165. The molecule has 6 rings (SSSR count). The van der Waals surface area contributed by atoms with E-state index in [0.29, 0.717) is 71.2 Å². The number of nitrogens with zero attached hydrogens (tertiary/aromatic N) is 5. The van der Waals surface area contributed by atoms with Crippen LogP contribution in [-0.4, -0.2) is 140 Å². The van der Waals surface area contributed by atoms with Crippen molar-refractivity contribution in [1.29, 1.82) is 0 Å². The fourth-order valence-electron chi connectivity index (χ4n) is 8.54. The number of piperidine rings is 3. The number of rotatable bonds is 11. The molecule has 4 heterocycles. The zero-order valence-corrected chi connectivity index (χ0v) is 34.0. The molecule has 0 radical (unpaired) electrons. The Bertz CT molecular complexity index is 1780. The summed E-state index contributed by atoms with van der Waals surface area (Å²) in [6.07, 6.45) is -2.14. The van der Waals surface area contributed by atoms with Crippen molar-refractivity contribution in [2.45, 2.75) is 82.2 Å². The molecule has 4 amide bonds. The summed E-state index contributed by atoms with van der Waals surface area (Å²) in [4.78, 5) is 62.9. The van der Waals surface area contributed by atoms with E-state index in [1.165, 1.54) is 11.0 Å². The first-order chi connectivity index (χ1) is 27.7. The zero-order valence-electron chi connectivity index (χ0n) is 33.3. The predicted octanol–water partition coefficient (Wildman–Crippen LogP) is 5.74. The smallest absolute Gasteiger partial charge is 0.418 e. The molecule has 4 aliphatic rings. The second-order valence-electron chi connectivity index (χ2n) is 16.1. The lowest BCUT2D eigenvalue weighted by Crippen LogP contribution is -2.53. The summed E-state index contributed by atoms with van der Waals surface area (Å²) in [7, 11) is 3.95.